The molecule has 2 atom stereocenters. The lowest BCUT2D eigenvalue weighted by Gasteiger charge is -2.46. The molecular formula is C14H15N5O6S2. The van der Waals surface area contributed by atoms with Crippen molar-refractivity contribution in [2.24, 2.45) is 5.16 Å². The number of nitrogens with zero attached hydrogens (tertiary/aromatic N) is 3. The summed E-state index contributed by atoms with van der Waals surface area (Å²) in [4.78, 5) is 45.8. The smallest absolute Gasteiger partial charge is 0.352 e. The Morgan fingerprint density at radius 2 is 2.30 bits per heavy atom. The number of anilines is 1. The molecule has 2 aliphatic rings. The monoisotopic (exact) mass is 413 g/mol. The molecule has 1 unspecified atom stereocenters. The molecule has 1 aromatic heterocycles. The summed E-state index contributed by atoms with van der Waals surface area (Å²) in [5, 5.41) is 25.9. The number of β-lactam (4-membered cyclic amide) rings is 1. The van der Waals surface area contributed by atoms with Crippen LogP contribution in [-0.2, 0) is 19.2 Å². The van der Waals surface area contributed by atoms with Crippen LogP contribution in [0.5, 0.6) is 0 Å². The third-order valence-corrected chi connectivity index (χ3v) is 5.90. The molecular weight excluding hydrogens is 398 g/mol. The first-order valence-electron chi connectivity index (χ1n) is 7.55. The van der Waals surface area contributed by atoms with Crippen LogP contribution < -0.4 is 11.1 Å². The molecule has 0 bridgehead atoms. The molecule has 13 heteroatoms. The number of carboxylic acids is 1. The van der Waals surface area contributed by atoms with Crippen molar-refractivity contribution in [2.75, 3.05) is 19.5 Å². The van der Waals surface area contributed by atoms with Gasteiger partial charge >= 0.3 is 5.97 Å². The van der Waals surface area contributed by atoms with Gasteiger partial charge in [-0.2, -0.15) is 0 Å². The van der Waals surface area contributed by atoms with Crippen LogP contribution in [0.3, 0.4) is 0 Å². The number of fused-ring (bicyclic) bond motifs is 1. The minimum absolute atomic E-state index is 0.0136. The van der Waals surface area contributed by atoms with Crippen molar-refractivity contribution in [3.05, 3.63) is 22.3 Å². The van der Waals surface area contributed by atoms with Crippen molar-refractivity contribution in [1.82, 2.24) is 15.2 Å². The highest BCUT2D eigenvalue weighted by Crippen LogP contribution is 2.42. The van der Waals surface area contributed by atoms with Gasteiger partial charge in [0.25, 0.3) is 5.91 Å². The van der Waals surface area contributed by atoms with Crippen molar-refractivity contribution in [3.8, 4) is 0 Å². The summed E-state index contributed by atoms with van der Waals surface area (Å²) in [5.74, 6) is -2.38. The van der Waals surface area contributed by atoms with Gasteiger partial charge in [0.05, 0.1) is 18.4 Å². The lowest BCUT2D eigenvalue weighted by molar-refractivity contribution is -0.146. The number of thioether (sulfide) groups is 1. The fraction of sp³-hybridized carbons (Fsp3) is 0.357. The average molecular weight is 413 g/mol. The van der Waals surface area contributed by atoms with E-state index in [2.05, 4.69) is 20.3 Å². The van der Waals surface area contributed by atoms with E-state index in [1.54, 1.807) is 0 Å². The van der Waals surface area contributed by atoms with Gasteiger partial charge < -0.3 is 26.1 Å². The number of carbonyl (C=O) groups is 3. The summed E-state index contributed by atoms with van der Waals surface area (Å²) in [6, 6.07) is 0. The summed E-state index contributed by atoms with van der Waals surface area (Å²) < 4.78 is 0. The van der Waals surface area contributed by atoms with Gasteiger partial charge in [-0.3, -0.25) is 14.5 Å². The Kier molecular flexibility index (Phi) is 5.34. The van der Waals surface area contributed by atoms with Crippen LogP contribution in [0.2, 0.25) is 0 Å². The zero-order chi connectivity index (χ0) is 19.7. The van der Waals surface area contributed by atoms with Gasteiger partial charge in [-0.05, 0) is 0 Å². The molecule has 0 aromatic carbocycles. The highest BCUT2D eigenvalue weighted by Gasteiger charge is 2.48. The van der Waals surface area contributed by atoms with Gasteiger partial charge in [-0.25, -0.2) is 9.78 Å². The number of thiazole rings is 1. The number of nitrogens with one attached hydrogen (secondary N) is 1. The van der Waals surface area contributed by atoms with E-state index in [-0.39, 0.29) is 40.1 Å². The van der Waals surface area contributed by atoms with Gasteiger partial charge in [0.2, 0.25) is 5.91 Å². The van der Waals surface area contributed by atoms with E-state index < -0.39 is 29.2 Å². The number of amides is 2. The van der Waals surface area contributed by atoms with Gasteiger partial charge in [0, 0.05) is 11.0 Å². The summed E-state index contributed by atoms with van der Waals surface area (Å²) in [5.41, 5.74) is 5.33. The molecule has 1 saturated heterocycles. The summed E-state index contributed by atoms with van der Waals surface area (Å²) in [7, 11) is 1.26. The zero-order valence-corrected chi connectivity index (χ0v) is 15.5. The maximum Gasteiger partial charge on any atom is 0.352 e. The molecule has 27 heavy (non-hydrogen) atoms. The molecule has 5 N–H and O–H groups in total. The second kappa shape index (κ2) is 7.54. The molecule has 11 nitrogen and oxygen atoms in total. The maximum atomic E-state index is 12.7. The predicted octanol–water partition coefficient (Wildman–Crippen LogP) is -0.846. The van der Waals surface area contributed by atoms with Crippen LogP contribution in [0.1, 0.15) is 12.1 Å². The fourth-order valence-corrected chi connectivity index (χ4v) is 4.65. The molecule has 3 heterocycles. The number of aliphatic hydroxyl groups is 1. The molecule has 1 aromatic rings. The highest BCUT2D eigenvalue weighted by molar-refractivity contribution is 8.00. The average Bonchev–Trinajstić information content (AvgIpc) is 3.04. The highest BCUT2D eigenvalue weighted by atomic mass is 32.2. The molecule has 2 aliphatic heterocycles. The number of oxime groups is 1. The van der Waals surface area contributed by atoms with E-state index in [0.717, 1.165) is 28.0 Å². The van der Waals surface area contributed by atoms with E-state index >= 15 is 0 Å². The van der Waals surface area contributed by atoms with E-state index in [4.69, 9.17) is 5.73 Å². The Hall–Kier alpha value is -2.64. The molecule has 2 amide bonds. The fourth-order valence-electron chi connectivity index (χ4n) is 2.68. The first kappa shape index (κ1) is 19.1. The van der Waals surface area contributed by atoms with Gasteiger partial charge in [-0.15, -0.1) is 23.1 Å². The Morgan fingerprint density at radius 3 is 2.81 bits per heavy atom. The Labute approximate surface area is 160 Å². The SMILES string of the molecule is CO/N=C(\C(=O)NC1S[C@@H]2CC(=O)N2C(C(=O)O)=C1CO)c1csc(N)n1. The quantitative estimate of drug-likeness (QED) is 0.264. The van der Waals surface area contributed by atoms with Crippen molar-refractivity contribution >= 4 is 51.7 Å². The number of aromatic nitrogens is 1. The van der Waals surface area contributed by atoms with E-state index in [0.29, 0.717) is 0 Å². The molecule has 0 spiro atoms. The van der Waals surface area contributed by atoms with Gasteiger partial charge in [0.1, 0.15) is 23.9 Å². The van der Waals surface area contributed by atoms with Crippen LogP contribution in [-0.4, -0.2) is 68.1 Å². The Bertz CT molecular complexity index is 866. The Morgan fingerprint density at radius 1 is 1.56 bits per heavy atom. The molecule has 1 fully saturated rings. The molecule has 144 valence electrons. The topological polar surface area (TPSA) is 167 Å². The van der Waals surface area contributed by atoms with Crippen molar-refractivity contribution in [2.45, 2.75) is 17.2 Å². The first-order chi connectivity index (χ1) is 12.9. The number of nitrogen functional groups attached to an aromatic ring is 1. The number of nitrogens with two attached hydrogens (primary N) is 1. The normalized spacial score (nSPS) is 22.2. The lowest BCUT2D eigenvalue weighted by Crippen LogP contribution is -2.58. The van der Waals surface area contributed by atoms with Crippen LogP contribution in [0.25, 0.3) is 0 Å². The maximum absolute atomic E-state index is 12.7. The molecule has 0 radical (unpaired) electrons. The van der Waals surface area contributed by atoms with Crippen molar-refractivity contribution in [1.29, 1.82) is 0 Å². The van der Waals surface area contributed by atoms with Crippen LogP contribution in [0.4, 0.5) is 5.13 Å². The Balaban J connectivity index is 1.90. The summed E-state index contributed by atoms with van der Waals surface area (Å²) >= 11 is 2.27. The summed E-state index contributed by atoms with van der Waals surface area (Å²) in [6.45, 7) is -0.642. The van der Waals surface area contributed by atoms with Crippen LogP contribution in [0, 0.1) is 0 Å². The summed E-state index contributed by atoms with van der Waals surface area (Å²) in [6.07, 6.45) is 0.147. The third kappa shape index (κ3) is 3.48. The number of aliphatic carboxylic acids is 1. The number of aliphatic hydroxyl groups excluding tert-OH is 1. The standard InChI is InChI=1S/C14H15N5O6S2/c1-25-18-9(6-4-26-14(15)16-6)11(22)17-12-5(3-20)10(13(23)24)19-7(21)2-8(19)27-12/h4,8,12,20H,2-3H2,1H3,(H2,15,16)(H,17,22)(H,23,24)/b18-9-/t8-,12?/m1/s1. The molecule has 3 rings (SSSR count). The minimum atomic E-state index is -1.35. The number of carbonyl (C=O) groups excluding carboxylic acids is 2. The third-order valence-electron chi connectivity index (χ3n) is 3.86. The van der Waals surface area contributed by atoms with Crippen molar-refractivity contribution in [3.63, 3.8) is 0 Å². The van der Waals surface area contributed by atoms with Crippen LogP contribution >= 0.6 is 23.1 Å². The van der Waals surface area contributed by atoms with Gasteiger partial charge in [0.15, 0.2) is 10.8 Å². The number of carboxylic acid groups (broad SMARTS) is 1. The number of hydrogen-bond acceptors (Lipinski definition) is 10. The van der Waals surface area contributed by atoms with E-state index in [1.807, 2.05) is 0 Å². The molecule has 0 saturated carbocycles. The van der Waals surface area contributed by atoms with Crippen molar-refractivity contribution < 1.29 is 29.4 Å². The zero-order valence-electron chi connectivity index (χ0n) is 13.9. The van der Waals surface area contributed by atoms with E-state index in [1.165, 1.54) is 12.5 Å². The number of rotatable bonds is 6. The number of hydrogen-bond donors (Lipinski definition) is 4. The second-order valence-corrected chi connectivity index (χ2v) is 7.62. The largest absolute Gasteiger partial charge is 0.477 e. The molecule has 0 aliphatic carbocycles. The predicted molar refractivity (Wildman–Crippen MR) is 96.6 cm³/mol. The second-order valence-electron chi connectivity index (χ2n) is 5.44. The lowest BCUT2D eigenvalue weighted by atomic mass is 10.1. The minimum Gasteiger partial charge on any atom is -0.477 e. The van der Waals surface area contributed by atoms with Gasteiger partial charge in [-0.1, -0.05) is 5.16 Å². The van der Waals surface area contributed by atoms with E-state index in [9.17, 15) is 24.6 Å². The van der Waals surface area contributed by atoms with Crippen LogP contribution in [0.15, 0.2) is 21.8 Å². The first-order valence-corrected chi connectivity index (χ1v) is 9.37.